The molecule has 1 atom stereocenters. The maximum absolute atomic E-state index is 4.72. The summed E-state index contributed by atoms with van der Waals surface area (Å²) in [5.41, 5.74) is 3.67. The Hall–Kier alpha value is -2.04. The van der Waals surface area contributed by atoms with E-state index in [1.165, 1.54) is 16.9 Å². The van der Waals surface area contributed by atoms with Gasteiger partial charge in [-0.25, -0.2) is 0 Å². The van der Waals surface area contributed by atoms with Crippen LogP contribution in [0.3, 0.4) is 0 Å². The van der Waals surface area contributed by atoms with Crippen LogP contribution in [0.15, 0.2) is 53.4 Å². The van der Waals surface area contributed by atoms with Crippen LogP contribution in [0.4, 0.5) is 0 Å². The minimum atomic E-state index is 0.730. The second-order valence-corrected chi connectivity index (χ2v) is 7.28. The van der Waals surface area contributed by atoms with E-state index in [0.717, 1.165) is 42.8 Å². The van der Waals surface area contributed by atoms with E-state index in [1.54, 1.807) is 10.9 Å². The summed E-state index contributed by atoms with van der Waals surface area (Å²) in [6, 6.07) is 12.0. The van der Waals surface area contributed by atoms with Crippen molar-refractivity contribution in [1.82, 2.24) is 24.7 Å². The molecule has 118 valence electrons. The third-order valence-electron chi connectivity index (χ3n) is 3.68. The second kappa shape index (κ2) is 6.11. The SMILES string of the molecule is Cc1ccn(-c2nc([AsH2])c(Br)nc2-c2ccc3ncccc3c2)n1. The zero-order chi connectivity index (χ0) is 16.7. The number of halogens is 1. The molecule has 1 unspecified atom stereocenters. The van der Waals surface area contributed by atoms with Gasteiger partial charge in [0, 0.05) is 0 Å². The first kappa shape index (κ1) is 15.5. The molecule has 1 aromatic carbocycles. The molecule has 3 aromatic heterocycles. The normalized spacial score (nSPS) is 11.1. The van der Waals surface area contributed by atoms with Crippen LogP contribution < -0.4 is 4.48 Å². The molecule has 0 aliphatic carbocycles. The molecule has 0 saturated carbocycles. The van der Waals surface area contributed by atoms with Crippen LogP contribution in [0, 0.1) is 6.92 Å². The predicted molar refractivity (Wildman–Crippen MR) is 101 cm³/mol. The number of fused-ring (bicyclic) bond motifs is 1. The van der Waals surface area contributed by atoms with Gasteiger partial charge in [-0.15, -0.1) is 0 Å². The Morgan fingerprint density at radius 3 is 2.79 bits per heavy atom. The monoisotopic (exact) mass is 441 g/mol. The molecule has 0 fully saturated rings. The van der Waals surface area contributed by atoms with E-state index in [4.69, 9.17) is 9.97 Å². The Morgan fingerprint density at radius 1 is 1.12 bits per heavy atom. The van der Waals surface area contributed by atoms with Gasteiger partial charge in [0.1, 0.15) is 0 Å². The van der Waals surface area contributed by atoms with Crippen molar-refractivity contribution in [2.24, 2.45) is 0 Å². The first-order valence-corrected chi connectivity index (χ1v) is 9.33. The molecule has 7 heteroatoms. The molecule has 0 aliphatic heterocycles. The molecular weight excluding hydrogens is 429 g/mol. The summed E-state index contributed by atoms with van der Waals surface area (Å²) in [5, 5.41) is 5.56. The van der Waals surface area contributed by atoms with Gasteiger partial charge in [-0.3, -0.25) is 0 Å². The second-order valence-electron chi connectivity index (χ2n) is 5.38. The minimum absolute atomic E-state index is 0.730. The summed E-state index contributed by atoms with van der Waals surface area (Å²) in [6.07, 6.45) is 3.70. The van der Waals surface area contributed by atoms with E-state index in [1.807, 2.05) is 43.5 Å². The Balaban J connectivity index is 1.97. The van der Waals surface area contributed by atoms with Gasteiger partial charge in [-0.1, -0.05) is 0 Å². The van der Waals surface area contributed by atoms with Crippen molar-refractivity contribution in [1.29, 1.82) is 0 Å². The van der Waals surface area contributed by atoms with Crippen LogP contribution in [-0.4, -0.2) is 41.6 Å². The number of aromatic nitrogens is 5. The number of hydrogen-bond donors (Lipinski definition) is 0. The number of aryl methyl sites for hydroxylation is 1. The maximum atomic E-state index is 4.72. The fraction of sp³-hybridized carbons (Fsp3) is 0.0588. The first-order valence-electron chi connectivity index (χ1n) is 7.32. The third-order valence-corrected chi connectivity index (χ3v) is 5.99. The number of rotatable bonds is 2. The van der Waals surface area contributed by atoms with Crippen LogP contribution in [0.2, 0.25) is 0 Å². The summed E-state index contributed by atoms with van der Waals surface area (Å²) in [6.45, 7) is 1.96. The molecule has 4 rings (SSSR count). The quantitative estimate of drug-likeness (QED) is 0.447. The van der Waals surface area contributed by atoms with Crippen molar-refractivity contribution in [2.45, 2.75) is 6.92 Å². The Kier molecular flexibility index (Phi) is 3.94. The van der Waals surface area contributed by atoms with Crippen molar-refractivity contribution in [3.05, 3.63) is 59.1 Å². The van der Waals surface area contributed by atoms with E-state index in [0.29, 0.717) is 0 Å². The molecule has 0 amide bonds. The predicted octanol–water partition coefficient (Wildman–Crippen LogP) is 2.21. The summed E-state index contributed by atoms with van der Waals surface area (Å²) in [4.78, 5) is 13.8. The standard InChI is InChI=1S/C17H13AsBrN5/c1-10-6-8-24(23-10)17-14(21-16(19)15(18)22-17)12-4-5-13-11(9-12)3-2-7-20-13/h2-9H,18H2,1H3. The van der Waals surface area contributed by atoms with Gasteiger partial charge >= 0.3 is 156 Å². The first-order chi connectivity index (χ1) is 11.6. The average molecular weight is 442 g/mol. The van der Waals surface area contributed by atoms with Gasteiger partial charge in [0.05, 0.1) is 0 Å². The van der Waals surface area contributed by atoms with Crippen molar-refractivity contribution in [2.75, 3.05) is 0 Å². The molecule has 0 spiro atoms. The zero-order valence-corrected chi connectivity index (χ0v) is 16.8. The molecule has 0 radical (unpaired) electrons. The zero-order valence-electron chi connectivity index (χ0n) is 12.8. The van der Waals surface area contributed by atoms with Gasteiger partial charge < -0.3 is 0 Å². The molecule has 0 aliphatic rings. The van der Waals surface area contributed by atoms with Gasteiger partial charge in [0.15, 0.2) is 0 Å². The van der Waals surface area contributed by atoms with Crippen LogP contribution in [0.5, 0.6) is 0 Å². The summed E-state index contributed by atoms with van der Waals surface area (Å²) >= 11 is 4.93. The van der Waals surface area contributed by atoms with Crippen LogP contribution in [-0.2, 0) is 0 Å². The van der Waals surface area contributed by atoms with Gasteiger partial charge in [-0.2, -0.15) is 0 Å². The summed E-state index contributed by atoms with van der Waals surface area (Å²) in [7, 11) is 0. The summed E-state index contributed by atoms with van der Waals surface area (Å²) in [5.74, 6) is 0.730. The van der Waals surface area contributed by atoms with Crippen molar-refractivity contribution in [3.8, 4) is 17.1 Å². The molecule has 0 N–H and O–H groups in total. The Morgan fingerprint density at radius 2 is 2.00 bits per heavy atom. The molecule has 5 nitrogen and oxygen atoms in total. The van der Waals surface area contributed by atoms with Gasteiger partial charge in [-0.05, 0) is 0 Å². The van der Waals surface area contributed by atoms with Crippen LogP contribution in [0.25, 0.3) is 28.0 Å². The number of hydrogen-bond acceptors (Lipinski definition) is 4. The van der Waals surface area contributed by atoms with Gasteiger partial charge in [0.2, 0.25) is 0 Å². The van der Waals surface area contributed by atoms with E-state index >= 15 is 0 Å². The Labute approximate surface area is 155 Å². The van der Waals surface area contributed by atoms with Crippen molar-refractivity contribution >= 4 is 48.2 Å². The molecule has 0 bridgehead atoms. The number of nitrogens with zero attached hydrogens (tertiary/aromatic N) is 5. The van der Waals surface area contributed by atoms with E-state index < -0.39 is 0 Å². The van der Waals surface area contributed by atoms with E-state index in [9.17, 15) is 0 Å². The molecule has 24 heavy (non-hydrogen) atoms. The third kappa shape index (κ3) is 2.76. The fourth-order valence-corrected chi connectivity index (χ4v) is 3.19. The van der Waals surface area contributed by atoms with Crippen molar-refractivity contribution in [3.63, 3.8) is 0 Å². The molecule has 4 aromatic rings. The molecule has 3 heterocycles. The molecule has 0 saturated heterocycles. The van der Waals surface area contributed by atoms with E-state index in [-0.39, 0.29) is 0 Å². The average Bonchev–Trinajstić information content (AvgIpc) is 3.03. The Bertz CT molecular complexity index is 1060. The van der Waals surface area contributed by atoms with Crippen LogP contribution in [0.1, 0.15) is 5.69 Å². The topological polar surface area (TPSA) is 56.5 Å². The van der Waals surface area contributed by atoms with E-state index in [2.05, 4.69) is 32.1 Å². The van der Waals surface area contributed by atoms with Gasteiger partial charge in [0.25, 0.3) is 0 Å². The van der Waals surface area contributed by atoms with Crippen molar-refractivity contribution < 1.29 is 0 Å². The number of benzene rings is 1. The fourth-order valence-electron chi connectivity index (χ4n) is 2.53. The summed E-state index contributed by atoms with van der Waals surface area (Å²) < 4.78 is 3.42. The number of pyridine rings is 1. The van der Waals surface area contributed by atoms with Crippen LogP contribution >= 0.6 is 15.9 Å². The molecular formula is C17H13AsBrN5.